The zero-order chi connectivity index (χ0) is 17.2. The van der Waals surface area contributed by atoms with Crippen molar-refractivity contribution in [2.45, 2.75) is 51.9 Å². The van der Waals surface area contributed by atoms with E-state index in [1.54, 1.807) is 6.08 Å². The van der Waals surface area contributed by atoms with Gasteiger partial charge in [0.05, 0.1) is 5.75 Å². The van der Waals surface area contributed by atoms with Crippen molar-refractivity contribution in [3.63, 3.8) is 0 Å². The van der Waals surface area contributed by atoms with E-state index in [2.05, 4.69) is 13.0 Å². The Bertz CT molecular complexity index is 732. The van der Waals surface area contributed by atoms with Gasteiger partial charge in [0.1, 0.15) is 9.84 Å². The first kappa shape index (κ1) is 16.6. The van der Waals surface area contributed by atoms with E-state index < -0.39 is 9.84 Å². The molecule has 0 amide bonds. The van der Waals surface area contributed by atoms with E-state index in [9.17, 15) is 13.2 Å². The molecule has 0 saturated heterocycles. The van der Waals surface area contributed by atoms with E-state index in [0.717, 1.165) is 32.1 Å². The lowest BCUT2D eigenvalue weighted by atomic mass is 9.48. The first-order valence-electron chi connectivity index (χ1n) is 9.36. The molecule has 5 atom stereocenters. The quantitative estimate of drug-likeness (QED) is 0.764. The summed E-state index contributed by atoms with van der Waals surface area (Å²) in [6, 6.07) is 0. The van der Waals surface area contributed by atoms with Crippen LogP contribution in [0.4, 0.5) is 0 Å². The molecular weight excluding hydrogens is 320 g/mol. The second-order valence-corrected chi connectivity index (χ2v) is 11.1. The molecule has 3 fully saturated rings. The first-order valence-corrected chi connectivity index (χ1v) is 11.4. The van der Waals surface area contributed by atoms with Crippen molar-refractivity contribution in [1.82, 2.24) is 0 Å². The van der Waals surface area contributed by atoms with E-state index >= 15 is 0 Å². The number of ketones is 1. The number of rotatable bonds is 2. The molecule has 24 heavy (non-hydrogen) atoms. The number of sulfone groups is 1. The zero-order valence-corrected chi connectivity index (χ0v) is 15.6. The molecule has 4 heteroatoms. The molecule has 3 saturated carbocycles. The molecule has 0 bridgehead atoms. The van der Waals surface area contributed by atoms with Crippen LogP contribution in [0.15, 0.2) is 23.8 Å². The van der Waals surface area contributed by atoms with Crippen LogP contribution >= 0.6 is 0 Å². The van der Waals surface area contributed by atoms with Crippen LogP contribution in [0.1, 0.15) is 51.9 Å². The summed E-state index contributed by atoms with van der Waals surface area (Å²) in [7, 11) is -2.94. The monoisotopic (exact) mass is 348 g/mol. The highest BCUT2D eigenvalue weighted by Gasteiger charge is 2.57. The molecule has 0 unspecified atom stereocenters. The number of carbonyl (C=O) groups is 1. The minimum Gasteiger partial charge on any atom is -0.290 e. The van der Waals surface area contributed by atoms with Gasteiger partial charge in [-0.25, -0.2) is 8.42 Å². The van der Waals surface area contributed by atoms with Crippen molar-refractivity contribution in [3.8, 4) is 0 Å². The Morgan fingerprint density at radius 3 is 2.71 bits per heavy atom. The minimum absolute atomic E-state index is 0.0106. The van der Waals surface area contributed by atoms with Gasteiger partial charge >= 0.3 is 0 Å². The number of hydrogen-bond acceptors (Lipinski definition) is 3. The standard InChI is InChI=1S/C20H28O3S/c1-19-10-7-15(21)12-14(19)5-6-16-17(19)8-11-20(13-24(2,22)23)9-3-4-18(16)20/h7,10,12,16-18H,3-6,8-9,11,13H2,1-2H3/t16-,17+,18+,19+,20+/m1/s1. The van der Waals surface area contributed by atoms with Gasteiger partial charge in [0, 0.05) is 11.7 Å². The molecule has 0 radical (unpaired) electrons. The fraction of sp³-hybridized carbons (Fsp3) is 0.750. The van der Waals surface area contributed by atoms with Gasteiger partial charge in [0.15, 0.2) is 5.78 Å². The molecule has 0 aromatic carbocycles. The van der Waals surface area contributed by atoms with Crippen LogP contribution in [-0.4, -0.2) is 26.2 Å². The van der Waals surface area contributed by atoms with Crippen LogP contribution < -0.4 is 0 Å². The van der Waals surface area contributed by atoms with E-state index in [4.69, 9.17) is 0 Å². The van der Waals surface area contributed by atoms with E-state index in [-0.39, 0.29) is 16.6 Å². The molecule has 0 spiro atoms. The summed E-state index contributed by atoms with van der Waals surface area (Å²) >= 11 is 0. The van der Waals surface area contributed by atoms with Crippen LogP contribution in [-0.2, 0) is 14.6 Å². The maximum atomic E-state index is 12.1. The van der Waals surface area contributed by atoms with Gasteiger partial charge < -0.3 is 0 Å². The average Bonchev–Trinajstić information content (AvgIpc) is 2.89. The van der Waals surface area contributed by atoms with E-state index in [0.29, 0.717) is 23.5 Å². The van der Waals surface area contributed by atoms with Crippen molar-refractivity contribution in [1.29, 1.82) is 0 Å². The van der Waals surface area contributed by atoms with Crippen molar-refractivity contribution < 1.29 is 13.2 Å². The molecule has 4 aliphatic rings. The number of hydrogen-bond donors (Lipinski definition) is 0. The van der Waals surface area contributed by atoms with Crippen LogP contribution in [0.3, 0.4) is 0 Å². The molecule has 0 N–H and O–H groups in total. The molecule has 0 aliphatic heterocycles. The summed E-state index contributed by atoms with van der Waals surface area (Å²) in [6.07, 6.45) is 14.9. The zero-order valence-electron chi connectivity index (χ0n) is 14.8. The predicted octanol–water partition coefficient (Wildman–Crippen LogP) is 3.71. The fourth-order valence-corrected chi connectivity index (χ4v) is 8.31. The van der Waals surface area contributed by atoms with Crippen molar-refractivity contribution in [2.24, 2.45) is 28.6 Å². The maximum absolute atomic E-state index is 12.1. The summed E-state index contributed by atoms with van der Waals surface area (Å²) in [5.74, 6) is 2.24. The summed E-state index contributed by atoms with van der Waals surface area (Å²) in [5.41, 5.74) is 1.35. The van der Waals surface area contributed by atoms with Gasteiger partial charge in [-0.05, 0) is 73.8 Å². The second kappa shape index (κ2) is 5.30. The molecule has 0 aromatic rings. The highest BCUT2D eigenvalue weighted by molar-refractivity contribution is 7.90. The average molecular weight is 349 g/mol. The van der Waals surface area contributed by atoms with Crippen LogP contribution in [0, 0.1) is 28.6 Å². The van der Waals surface area contributed by atoms with Crippen LogP contribution in [0.2, 0.25) is 0 Å². The molecule has 3 nitrogen and oxygen atoms in total. The number of fused-ring (bicyclic) bond motifs is 5. The van der Waals surface area contributed by atoms with E-state index in [1.165, 1.54) is 24.7 Å². The third kappa shape index (κ3) is 2.44. The summed E-state index contributed by atoms with van der Waals surface area (Å²) in [5, 5.41) is 0. The smallest absolute Gasteiger partial charge is 0.178 e. The minimum atomic E-state index is -2.94. The lowest BCUT2D eigenvalue weighted by Gasteiger charge is -2.56. The van der Waals surface area contributed by atoms with Gasteiger partial charge in [-0.1, -0.05) is 25.0 Å². The van der Waals surface area contributed by atoms with Crippen molar-refractivity contribution in [2.75, 3.05) is 12.0 Å². The second-order valence-electron chi connectivity index (χ2n) is 8.97. The molecule has 4 rings (SSSR count). The molecule has 132 valence electrons. The fourth-order valence-electron chi connectivity index (χ4n) is 6.77. The first-order chi connectivity index (χ1) is 11.2. The maximum Gasteiger partial charge on any atom is 0.178 e. The molecular formula is C20H28O3S. The lowest BCUT2D eigenvalue weighted by molar-refractivity contribution is -0.111. The molecule has 4 aliphatic carbocycles. The molecule has 0 aromatic heterocycles. The van der Waals surface area contributed by atoms with Gasteiger partial charge in [-0.15, -0.1) is 0 Å². The highest BCUT2D eigenvalue weighted by atomic mass is 32.2. The Hall–Kier alpha value is -0.900. The topological polar surface area (TPSA) is 51.2 Å². The lowest BCUT2D eigenvalue weighted by Crippen LogP contribution is -2.50. The predicted molar refractivity (Wildman–Crippen MR) is 95.3 cm³/mol. The SMILES string of the molecule is C[C@]12C=CC(=O)C=C1CC[C@H]1[C@@H]3CCC[C@@]3(CS(C)(=O)=O)CC[C@@H]12. The van der Waals surface area contributed by atoms with Gasteiger partial charge in [-0.2, -0.15) is 0 Å². The third-order valence-corrected chi connectivity index (χ3v) is 8.73. The molecule has 0 heterocycles. The Morgan fingerprint density at radius 2 is 1.96 bits per heavy atom. The third-order valence-electron chi connectivity index (χ3n) is 7.63. The Morgan fingerprint density at radius 1 is 1.17 bits per heavy atom. The summed E-state index contributed by atoms with van der Waals surface area (Å²) in [4.78, 5) is 11.8. The van der Waals surface area contributed by atoms with E-state index in [1.807, 2.05) is 6.08 Å². The Labute approximate surface area is 145 Å². The normalized spacial score (nSPS) is 44.5. The van der Waals surface area contributed by atoms with Crippen molar-refractivity contribution >= 4 is 15.6 Å². The summed E-state index contributed by atoms with van der Waals surface area (Å²) in [6.45, 7) is 2.30. The number of carbonyl (C=O) groups excluding carboxylic acids is 1. The van der Waals surface area contributed by atoms with Gasteiger partial charge in [0.25, 0.3) is 0 Å². The van der Waals surface area contributed by atoms with Crippen LogP contribution in [0.5, 0.6) is 0 Å². The number of allylic oxidation sites excluding steroid dienone is 4. The van der Waals surface area contributed by atoms with Crippen LogP contribution in [0.25, 0.3) is 0 Å². The van der Waals surface area contributed by atoms with Crippen molar-refractivity contribution in [3.05, 3.63) is 23.8 Å². The summed E-state index contributed by atoms with van der Waals surface area (Å²) < 4.78 is 24.1. The largest absolute Gasteiger partial charge is 0.290 e. The highest BCUT2D eigenvalue weighted by Crippen LogP contribution is 2.64. The Balaban J connectivity index is 1.68. The van der Waals surface area contributed by atoms with Gasteiger partial charge in [-0.3, -0.25) is 4.79 Å². The van der Waals surface area contributed by atoms with Gasteiger partial charge in [0.2, 0.25) is 0 Å². The Kier molecular flexibility index (Phi) is 3.66.